The van der Waals surface area contributed by atoms with Crippen LogP contribution in [0.3, 0.4) is 0 Å². The Kier molecular flexibility index (Phi) is 11.1. The second-order valence-electron chi connectivity index (χ2n) is 8.79. The van der Waals surface area contributed by atoms with Crippen LogP contribution in [0.5, 0.6) is 23.0 Å². The summed E-state index contributed by atoms with van der Waals surface area (Å²) in [7, 11) is 7.64. The lowest BCUT2D eigenvalue weighted by Gasteiger charge is -2.17. The van der Waals surface area contributed by atoms with Gasteiger partial charge in [0.05, 0.1) is 21.3 Å². The maximum absolute atomic E-state index is 12.2. The van der Waals surface area contributed by atoms with Gasteiger partial charge in [0.25, 0.3) is 0 Å². The number of hydroxylamine groups is 4. The molecule has 0 saturated heterocycles. The van der Waals surface area contributed by atoms with E-state index < -0.39 is 0 Å². The van der Waals surface area contributed by atoms with Crippen LogP contribution >= 0.6 is 0 Å². The average Bonchev–Trinajstić information content (AvgIpc) is 2.98. The van der Waals surface area contributed by atoms with Gasteiger partial charge in [-0.05, 0) is 53.8 Å². The van der Waals surface area contributed by atoms with E-state index in [1.165, 1.54) is 24.3 Å². The number of rotatable bonds is 14. The molecule has 0 aliphatic carbocycles. The molecular weight excluding hydrogens is 500 g/mol. The van der Waals surface area contributed by atoms with Gasteiger partial charge in [0.2, 0.25) is 11.8 Å². The van der Waals surface area contributed by atoms with E-state index in [0.717, 1.165) is 16.7 Å². The van der Waals surface area contributed by atoms with E-state index in [-0.39, 0.29) is 18.2 Å². The molecule has 0 aliphatic heterocycles. The van der Waals surface area contributed by atoms with Gasteiger partial charge in [0, 0.05) is 26.9 Å². The lowest BCUT2D eigenvalue weighted by Crippen LogP contribution is -2.25. The number of amides is 2. The van der Waals surface area contributed by atoms with Crippen molar-refractivity contribution in [3.05, 3.63) is 83.4 Å². The summed E-state index contributed by atoms with van der Waals surface area (Å²) in [5.74, 6) is 1.83. The Hall–Kier alpha value is -4.08. The first-order chi connectivity index (χ1) is 18.8. The van der Waals surface area contributed by atoms with Crippen LogP contribution < -0.4 is 14.2 Å². The quantitative estimate of drug-likeness (QED) is 0.269. The van der Waals surface area contributed by atoms with Crippen LogP contribution in [0.25, 0.3) is 0 Å². The normalized spacial score (nSPS) is 10.6. The molecule has 3 aromatic rings. The first-order valence-electron chi connectivity index (χ1n) is 12.6. The number of ether oxygens (including phenoxy) is 3. The van der Waals surface area contributed by atoms with Crippen molar-refractivity contribution < 1.29 is 33.5 Å². The van der Waals surface area contributed by atoms with Crippen molar-refractivity contribution in [2.45, 2.75) is 32.3 Å². The number of benzene rings is 3. The Morgan fingerprint density at radius 3 is 1.72 bits per heavy atom. The van der Waals surface area contributed by atoms with Crippen molar-refractivity contribution in [2.24, 2.45) is 0 Å². The molecule has 0 atom stereocenters. The number of hydrogen-bond donors (Lipinski definition) is 0. The highest BCUT2D eigenvalue weighted by atomic mass is 16.7. The van der Waals surface area contributed by atoms with Gasteiger partial charge >= 0.3 is 0 Å². The molecule has 3 aromatic carbocycles. The van der Waals surface area contributed by atoms with Crippen molar-refractivity contribution in [3.63, 3.8) is 0 Å². The third kappa shape index (κ3) is 8.73. The number of carbonyl (C=O) groups excluding carboxylic acids is 2. The van der Waals surface area contributed by atoms with Crippen molar-refractivity contribution in [1.29, 1.82) is 0 Å². The van der Waals surface area contributed by atoms with Gasteiger partial charge in [-0.1, -0.05) is 42.5 Å². The highest BCUT2D eigenvalue weighted by Gasteiger charge is 2.15. The Morgan fingerprint density at radius 1 is 0.641 bits per heavy atom. The molecular formula is C30H36N2O7. The maximum atomic E-state index is 12.2. The van der Waals surface area contributed by atoms with Crippen molar-refractivity contribution in [1.82, 2.24) is 10.1 Å². The van der Waals surface area contributed by atoms with Gasteiger partial charge in [-0.2, -0.15) is 0 Å². The van der Waals surface area contributed by atoms with Crippen LogP contribution in [-0.2, 0) is 38.7 Å². The number of methoxy groups -OCH3 is 1. The SMILES string of the molecule is COc1cc(CCC(=O)N(C)OC)ccc1Oc1cc(CCC(=O)N(C)OC)ccc1OCc1ccccc1. The largest absolute Gasteiger partial charge is 0.493 e. The summed E-state index contributed by atoms with van der Waals surface area (Å²) in [6.45, 7) is 0.369. The minimum Gasteiger partial charge on any atom is -0.493 e. The van der Waals surface area contributed by atoms with E-state index in [9.17, 15) is 9.59 Å². The third-order valence-electron chi connectivity index (χ3n) is 6.20. The second-order valence-corrected chi connectivity index (χ2v) is 8.79. The highest BCUT2D eigenvalue weighted by Crippen LogP contribution is 2.38. The predicted octanol–water partition coefficient (Wildman–Crippen LogP) is 4.97. The molecule has 9 nitrogen and oxygen atoms in total. The Labute approximate surface area is 229 Å². The minimum absolute atomic E-state index is 0.121. The van der Waals surface area contributed by atoms with Crippen LogP contribution in [0.1, 0.15) is 29.5 Å². The molecule has 9 heteroatoms. The monoisotopic (exact) mass is 536 g/mol. The van der Waals surface area contributed by atoms with E-state index in [1.54, 1.807) is 21.2 Å². The summed E-state index contributed by atoms with van der Waals surface area (Å²) >= 11 is 0. The number of nitrogens with zero attached hydrogens (tertiary/aromatic N) is 2. The highest BCUT2D eigenvalue weighted by molar-refractivity contribution is 5.75. The summed E-state index contributed by atoms with van der Waals surface area (Å²) in [4.78, 5) is 34.2. The van der Waals surface area contributed by atoms with E-state index in [1.807, 2.05) is 66.7 Å². The summed E-state index contributed by atoms with van der Waals surface area (Å²) in [6, 6.07) is 21.0. The van der Waals surface area contributed by atoms with Crippen LogP contribution in [0.2, 0.25) is 0 Å². The first kappa shape index (κ1) is 29.5. The molecule has 0 saturated carbocycles. The standard InChI is InChI=1S/C30H36N2O7/c1-31(36-4)29(33)17-13-22-12-16-26(27(19-22)35-3)39-28-20-23(14-18-30(34)32(2)37-5)11-15-25(28)38-21-24-9-7-6-8-10-24/h6-12,15-16,19-20H,13-14,17-18,21H2,1-5H3. The molecule has 2 amide bonds. The number of aryl methyl sites for hydroxylation is 2. The van der Waals surface area contributed by atoms with Crippen LogP contribution in [0.15, 0.2) is 66.7 Å². The Bertz CT molecular complexity index is 1230. The van der Waals surface area contributed by atoms with E-state index in [2.05, 4.69) is 0 Å². The smallest absolute Gasteiger partial charge is 0.246 e. The molecule has 208 valence electrons. The summed E-state index contributed by atoms with van der Waals surface area (Å²) in [5.41, 5.74) is 2.86. The fraction of sp³-hybridized carbons (Fsp3) is 0.333. The van der Waals surface area contributed by atoms with E-state index in [4.69, 9.17) is 23.9 Å². The molecule has 0 spiro atoms. The molecule has 0 bridgehead atoms. The molecule has 0 heterocycles. The molecule has 0 radical (unpaired) electrons. The van der Waals surface area contributed by atoms with E-state index >= 15 is 0 Å². The molecule has 0 aromatic heterocycles. The summed E-state index contributed by atoms with van der Waals surface area (Å²) < 4.78 is 18.0. The van der Waals surface area contributed by atoms with Gasteiger partial charge in [0.15, 0.2) is 23.0 Å². The Balaban J connectivity index is 1.81. The maximum Gasteiger partial charge on any atom is 0.246 e. The molecule has 0 fully saturated rings. The average molecular weight is 537 g/mol. The zero-order valence-corrected chi connectivity index (χ0v) is 23.1. The summed E-state index contributed by atoms with van der Waals surface area (Å²) in [6.07, 6.45) is 1.60. The van der Waals surface area contributed by atoms with Crippen LogP contribution in [-0.4, -0.2) is 57.4 Å². The van der Waals surface area contributed by atoms with E-state index in [0.29, 0.717) is 48.9 Å². The Morgan fingerprint density at radius 2 is 1.18 bits per heavy atom. The van der Waals surface area contributed by atoms with Gasteiger partial charge in [-0.25, -0.2) is 10.1 Å². The zero-order chi connectivity index (χ0) is 28.2. The molecule has 3 rings (SSSR count). The summed E-state index contributed by atoms with van der Waals surface area (Å²) in [5, 5.41) is 2.42. The van der Waals surface area contributed by atoms with Gasteiger partial charge in [0.1, 0.15) is 6.61 Å². The molecule has 0 aliphatic rings. The predicted molar refractivity (Wildman–Crippen MR) is 146 cm³/mol. The molecule has 39 heavy (non-hydrogen) atoms. The number of hydrogen-bond acceptors (Lipinski definition) is 7. The first-order valence-corrected chi connectivity index (χ1v) is 12.6. The van der Waals surface area contributed by atoms with Gasteiger partial charge in [-0.3, -0.25) is 19.3 Å². The van der Waals surface area contributed by atoms with Crippen molar-refractivity contribution in [3.8, 4) is 23.0 Å². The fourth-order valence-corrected chi connectivity index (χ4v) is 3.73. The lowest BCUT2D eigenvalue weighted by molar-refractivity contribution is -0.169. The topological polar surface area (TPSA) is 86.8 Å². The zero-order valence-electron chi connectivity index (χ0n) is 23.1. The lowest BCUT2D eigenvalue weighted by atomic mass is 10.1. The van der Waals surface area contributed by atoms with Crippen molar-refractivity contribution in [2.75, 3.05) is 35.4 Å². The van der Waals surface area contributed by atoms with Crippen LogP contribution in [0.4, 0.5) is 0 Å². The van der Waals surface area contributed by atoms with Crippen molar-refractivity contribution >= 4 is 11.8 Å². The van der Waals surface area contributed by atoms with Gasteiger partial charge < -0.3 is 14.2 Å². The third-order valence-corrected chi connectivity index (χ3v) is 6.20. The fourth-order valence-electron chi connectivity index (χ4n) is 3.73. The second kappa shape index (κ2) is 14.8. The van der Waals surface area contributed by atoms with Gasteiger partial charge in [-0.15, -0.1) is 0 Å². The molecule has 0 unspecified atom stereocenters. The molecule has 0 N–H and O–H groups in total. The minimum atomic E-state index is -0.128. The number of carbonyl (C=O) groups is 2. The van der Waals surface area contributed by atoms with Crippen LogP contribution in [0, 0.1) is 0 Å².